The minimum atomic E-state index is -0.0664. The van der Waals surface area contributed by atoms with Crippen molar-refractivity contribution in [2.75, 3.05) is 19.7 Å². The van der Waals surface area contributed by atoms with Crippen LogP contribution in [0.3, 0.4) is 0 Å². The Labute approximate surface area is 185 Å². The third kappa shape index (κ3) is 4.26. The molecule has 0 radical (unpaired) electrons. The van der Waals surface area contributed by atoms with Crippen molar-refractivity contribution in [1.82, 2.24) is 25.2 Å². The monoisotopic (exact) mass is 443 g/mol. The molecule has 1 aromatic heterocycles. The van der Waals surface area contributed by atoms with Crippen LogP contribution in [0.2, 0.25) is 5.02 Å². The molecule has 164 valence electrons. The second-order valence-electron chi connectivity index (χ2n) is 8.72. The molecule has 4 aliphatic rings. The molecule has 8 nitrogen and oxygen atoms in total. The number of carbonyl (C=O) groups excluding carboxylic acids is 2. The molecule has 2 amide bonds. The zero-order valence-electron chi connectivity index (χ0n) is 17.3. The Bertz CT molecular complexity index is 979. The normalized spacial score (nSPS) is 26.6. The molecule has 3 atom stereocenters. The van der Waals surface area contributed by atoms with Gasteiger partial charge in [0, 0.05) is 36.8 Å². The molecule has 3 aliphatic heterocycles. The first-order chi connectivity index (χ1) is 15.1. The van der Waals surface area contributed by atoms with Crippen LogP contribution in [0.1, 0.15) is 41.7 Å². The van der Waals surface area contributed by atoms with Crippen LogP contribution in [0.25, 0.3) is 0 Å². The zero-order valence-corrected chi connectivity index (χ0v) is 18.1. The molecule has 4 heterocycles. The van der Waals surface area contributed by atoms with Crippen molar-refractivity contribution in [3.05, 3.63) is 40.7 Å². The Morgan fingerprint density at radius 1 is 1.13 bits per heavy atom. The maximum atomic E-state index is 13.4. The van der Waals surface area contributed by atoms with E-state index in [2.05, 4.69) is 15.6 Å². The van der Waals surface area contributed by atoms with Gasteiger partial charge in [-0.1, -0.05) is 16.8 Å². The highest BCUT2D eigenvalue weighted by molar-refractivity contribution is 6.31. The molecule has 2 fully saturated rings. The zero-order chi connectivity index (χ0) is 21.4. The number of benzene rings is 1. The van der Waals surface area contributed by atoms with Gasteiger partial charge in [-0.15, -0.1) is 5.10 Å². The summed E-state index contributed by atoms with van der Waals surface area (Å²) in [7, 11) is 0. The first kappa shape index (κ1) is 20.3. The maximum absolute atomic E-state index is 13.4. The van der Waals surface area contributed by atoms with Crippen molar-refractivity contribution in [2.45, 2.75) is 44.7 Å². The molecule has 6 rings (SSSR count). The lowest BCUT2D eigenvalue weighted by atomic mass is 9.91. The van der Waals surface area contributed by atoms with Crippen molar-refractivity contribution in [2.24, 2.45) is 11.8 Å². The van der Waals surface area contributed by atoms with E-state index >= 15 is 0 Å². The molecule has 31 heavy (non-hydrogen) atoms. The number of piperidine rings is 1. The van der Waals surface area contributed by atoms with Crippen LogP contribution < -0.4 is 10.1 Å². The van der Waals surface area contributed by atoms with Gasteiger partial charge in [0.2, 0.25) is 5.91 Å². The predicted octanol–water partition coefficient (Wildman–Crippen LogP) is 2.31. The van der Waals surface area contributed by atoms with Crippen LogP contribution in [-0.2, 0) is 17.8 Å². The summed E-state index contributed by atoms with van der Waals surface area (Å²) < 4.78 is 7.68. The van der Waals surface area contributed by atoms with Gasteiger partial charge in [0.15, 0.2) is 0 Å². The highest BCUT2D eigenvalue weighted by Crippen LogP contribution is 2.38. The second-order valence-corrected chi connectivity index (χ2v) is 9.15. The van der Waals surface area contributed by atoms with Crippen LogP contribution in [-0.4, -0.2) is 57.4 Å². The first-order valence-electron chi connectivity index (χ1n) is 11.0. The maximum Gasteiger partial charge on any atom is 0.257 e. The van der Waals surface area contributed by atoms with Gasteiger partial charge in [0.05, 0.1) is 17.8 Å². The Hall–Kier alpha value is -2.61. The second kappa shape index (κ2) is 8.49. The van der Waals surface area contributed by atoms with Crippen LogP contribution in [0.4, 0.5) is 0 Å². The summed E-state index contributed by atoms with van der Waals surface area (Å²) in [6.45, 7) is 2.16. The van der Waals surface area contributed by atoms with Crippen molar-refractivity contribution in [1.29, 1.82) is 0 Å². The van der Waals surface area contributed by atoms with Gasteiger partial charge >= 0.3 is 0 Å². The number of hydrogen-bond donors (Lipinski definition) is 1. The standard InChI is InChI=1S/C22H26ClN5O3/c23-16-6-7-19-18(10-16)22(30)27-11-14-4-5-15(12-27)21(14)24-20(29)3-1-2-17-13-28(26-25-17)8-9-31-19/h6-7,10,13-15,21H,1-5,8-9,11-12H2,(H,24,29)/t14-,15+,21?. The van der Waals surface area contributed by atoms with Crippen LogP contribution >= 0.6 is 11.6 Å². The number of aryl methyl sites for hydroxylation is 1. The molecule has 0 spiro atoms. The van der Waals surface area contributed by atoms with E-state index in [9.17, 15) is 9.59 Å². The number of nitrogens with one attached hydrogen (secondary N) is 1. The third-order valence-electron chi connectivity index (χ3n) is 6.62. The average Bonchev–Trinajstić information content (AvgIpc) is 3.28. The fourth-order valence-corrected chi connectivity index (χ4v) is 5.26. The average molecular weight is 444 g/mol. The largest absolute Gasteiger partial charge is 0.491 e. The summed E-state index contributed by atoms with van der Waals surface area (Å²) in [5, 5.41) is 12.1. The molecular formula is C22H26ClN5O3. The molecular weight excluding hydrogens is 418 g/mol. The van der Waals surface area contributed by atoms with Gasteiger partial charge in [-0.2, -0.15) is 0 Å². The number of carbonyl (C=O) groups is 2. The van der Waals surface area contributed by atoms with Crippen molar-refractivity contribution in [3.8, 4) is 5.75 Å². The Morgan fingerprint density at radius 3 is 2.74 bits per heavy atom. The van der Waals surface area contributed by atoms with E-state index in [4.69, 9.17) is 16.3 Å². The molecule has 2 aromatic rings. The molecule has 6 bridgehead atoms. The number of aromatic nitrogens is 3. The van der Waals surface area contributed by atoms with Crippen LogP contribution in [0.5, 0.6) is 5.75 Å². The lowest BCUT2D eigenvalue weighted by molar-refractivity contribution is -0.122. The molecule has 1 unspecified atom stereocenters. The first-order valence-corrected chi connectivity index (χ1v) is 11.3. The lowest BCUT2D eigenvalue weighted by Crippen LogP contribution is -2.54. The molecule has 1 N–H and O–H groups in total. The molecule has 1 saturated carbocycles. The predicted molar refractivity (Wildman–Crippen MR) is 114 cm³/mol. The van der Waals surface area contributed by atoms with Gasteiger partial charge in [-0.3, -0.25) is 9.59 Å². The van der Waals surface area contributed by atoms with E-state index in [1.807, 2.05) is 11.1 Å². The summed E-state index contributed by atoms with van der Waals surface area (Å²) in [5.41, 5.74) is 1.35. The van der Waals surface area contributed by atoms with E-state index in [0.717, 1.165) is 31.4 Å². The van der Waals surface area contributed by atoms with Crippen molar-refractivity contribution in [3.63, 3.8) is 0 Å². The van der Waals surface area contributed by atoms with E-state index < -0.39 is 0 Å². The summed E-state index contributed by atoms with van der Waals surface area (Å²) in [5.74, 6) is 1.12. The number of halogens is 1. The Balaban J connectivity index is 1.42. The molecule has 1 saturated heterocycles. The fourth-order valence-electron chi connectivity index (χ4n) is 5.09. The summed E-state index contributed by atoms with van der Waals surface area (Å²) in [4.78, 5) is 27.8. The number of fused-ring (bicyclic) bond motifs is 6. The van der Waals surface area contributed by atoms with Gasteiger partial charge in [-0.25, -0.2) is 4.68 Å². The summed E-state index contributed by atoms with van der Waals surface area (Å²) in [6.07, 6.45) is 5.87. The van der Waals surface area contributed by atoms with Gasteiger partial charge in [-0.05, 0) is 55.7 Å². The highest BCUT2D eigenvalue weighted by Gasteiger charge is 2.44. The minimum Gasteiger partial charge on any atom is -0.491 e. The number of nitrogens with zero attached hydrogens (tertiary/aromatic N) is 4. The molecule has 9 heteroatoms. The fraction of sp³-hybridized carbons (Fsp3) is 0.545. The number of ether oxygens (including phenoxy) is 1. The highest BCUT2D eigenvalue weighted by atomic mass is 35.5. The van der Waals surface area contributed by atoms with Crippen LogP contribution in [0.15, 0.2) is 24.4 Å². The topological polar surface area (TPSA) is 89.4 Å². The Kier molecular flexibility index (Phi) is 5.56. The van der Waals surface area contributed by atoms with Gasteiger partial charge in [0.1, 0.15) is 12.4 Å². The summed E-state index contributed by atoms with van der Waals surface area (Å²) in [6, 6.07) is 5.31. The Morgan fingerprint density at radius 2 is 1.94 bits per heavy atom. The third-order valence-corrected chi connectivity index (χ3v) is 6.86. The lowest BCUT2D eigenvalue weighted by Gasteiger charge is -2.38. The number of amides is 2. The van der Waals surface area contributed by atoms with Crippen molar-refractivity contribution >= 4 is 23.4 Å². The van der Waals surface area contributed by atoms with Gasteiger partial charge in [0.25, 0.3) is 5.91 Å². The van der Waals surface area contributed by atoms with E-state index in [1.54, 1.807) is 22.9 Å². The van der Waals surface area contributed by atoms with E-state index in [0.29, 0.717) is 49.0 Å². The summed E-state index contributed by atoms with van der Waals surface area (Å²) >= 11 is 6.21. The van der Waals surface area contributed by atoms with Crippen LogP contribution in [0, 0.1) is 11.8 Å². The SMILES string of the molecule is O=C1CCCc2cn(nn2)CCOc2ccc(Cl)cc2C(=O)N2C[C@H]3CC[C@@H](C2)C3N1. The van der Waals surface area contributed by atoms with E-state index in [-0.39, 0.29) is 29.7 Å². The van der Waals surface area contributed by atoms with E-state index in [1.165, 1.54) is 0 Å². The van der Waals surface area contributed by atoms with Crippen molar-refractivity contribution < 1.29 is 14.3 Å². The number of hydrogen-bond acceptors (Lipinski definition) is 5. The smallest absolute Gasteiger partial charge is 0.257 e. The molecule has 1 aromatic carbocycles. The quantitative estimate of drug-likeness (QED) is 0.674. The number of rotatable bonds is 0. The molecule has 1 aliphatic carbocycles. The van der Waals surface area contributed by atoms with Gasteiger partial charge < -0.3 is 15.0 Å². The minimum absolute atomic E-state index is 0.0664.